The average Bonchev–Trinajstić information content (AvgIpc) is 3.18. The normalized spacial score (nSPS) is 15.5. The van der Waals surface area contributed by atoms with E-state index in [1.807, 2.05) is 6.07 Å². The lowest BCUT2D eigenvalue weighted by molar-refractivity contribution is 0.613. The summed E-state index contributed by atoms with van der Waals surface area (Å²) in [4.78, 5) is 9.61. The molecule has 0 spiro atoms. The molecule has 27 heavy (non-hydrogen) atoms. The van der Waals surface area contributed by atoms with Crippen molar-refractivity contribution in [3.8, 4) is 0 Å². The molecule has 9 heteroatoms. The average molecular weight is 444 g/mol. The van der Waals surface area contributed by atoms with Crippen molar-refractivity contribution in [1.29, 1.82) is 0 Å². The van der Waals surface area contributed by atoms with Gasteiger partial charge in [-0.25, -0.2) is 14.4 Å². The second-order valence-corrected chi connectivity index (χ2v) is 8.45. The first-order valence-electron chi connectivity index (χ1n) is 8.22. The van der Waals surface area contributed by atoms with Crippen LogP contribution in [-0.2, 0) is 13.0 Å². The van der Waals surface area contributed by atoms with E-state index in [-0.39, 0.29) is 18.3 Å². The summed E-state index contributed by atoms with van der Waals surface area (Å²) in [5, 5.41) is 8.46. The quantitative estimate of drug-likeness (QED) is 0.507. The van der Waals surface area contributed by atoms with Gasteiger partial charge < -0.3 is 10.6 Å². The van der Waals surface area contributed by atoms with Crippen LogP contribution in [-0.4, -0.2) is 16.5 Å². The molecule has 3 aromatic rings. The maximum atomic E-state index is 13.9. The van der Waals surface area contributed by atoms with Crippen LogP contribution in [0.3, 0.4) is 0 Å². The van der Waals surface area contributed by atoms with Crippen molar-refractivity contribution in [3.05, 3.63) is 67.5 Å². The van der Waals surface area contributed by atoms with Crippen molar-refractivity contribution in [2.24, 2.45) is 0 Å². The first-order chi connectivity index (χ1) is 13.0. The number of hydrogen-bond acceptors (Lipinski definition) is 5. The highest BCUT2D eigenvalue weighted by Crippen LogP contribution is 2.37. The number of halogens is 4. The molecule has 0 fully saturated rings. The number of rotatable bonds is 5. The van der Waals surface area contributed by atoms with Gasteiger partial charge in [-0.15, -0.1) is 11.3 Å². The third kappa shape index (κ3) is 3.99. The van der Waals surface area contributed by atoms with Gasteiger partial charge >= 0.3 is 0 Å². The molecule has 0 aliphatic carbocycles. The van der Waals surface area contributed by atoms with Crippen LogP contribution in [0.4, 0.5) is 15.3 Å². The van der Waals surface area contributed by atoms with Gasteiger partial charge in [-0.1, -0.05) is 40.9 Å². The molecule has 3 heterocycles. The van der Waals surface area contributed by atoms with E-state index < -0.39 is 0 Å². The van der Waals surface area contributed by atoms with Gasteiger partial charge in [0.2, 0.25) is 0 Å². The summed E-state index contributed by atoms with van der Waals surface area (Å²) in [7, 11) is 0. The Kier molecular flexibility index (Phi) is 5.41. The molecule has 0 saturated heterocycles. The summed E-state index contributed by atoms with van der Waals surface area (Å²) in [6.45, 7) is 1.01. The molecular weight excluding hydrogens is 430 g/mol. The van der Waals surface area contributed by atoms with Crippen LogP contribution < -0.4 is 10.6 Å². The van der Waals surface area contributed by atoms with Crippen molar-refractivity contribution >= 4 is 57.1 Å². The van der Waals surface area contributed by atoms with E-state index in [0.717, 1.165) is 29.2 Å². The first kappa shape index (κ1) is 18.7. The number of nitrogens with one attached hydrogen (secondary N) is 2. The van der Waals surface area contributed by atoms with E-state index in [1.165, 1.54) is 17.4 Å². The second-order valence-electron chi connectivity index (χ2n) is 6.16. The van der Waals surface area contributed by atoms with Crippen molar-refractivity contribution in [1.82, 2.24) is 9.97 Å². The fraction of sp³-hybridized carbons (Fsp3) is 0.222. The van der Waals surface area contributed by atoms with Crippen LogP contribution in [0, 0.1) is 5.82 Å². The smallest absolute Gasteiger partial charge is 0.184 e. The molecule has 4 nitrogen and oxygen atoms in total. The number of anilines is 2. The summed E-state index contributed by atoms with van der Waals surface area (Å²) in [5.41, 5.74) is 1.49. The van der Waals surface area contributed by atoms with Crippen molar-refractivity contribution in [3.63, 3.8) is 0 Å². The SMILES string of the molecule is Fc1cccc(Cl)c1CNc1nc(Cl)c(CC2CNc3ncc(Cl)cc32)s1. The van der Waals surface area contributed by atoms with Crippen molar-refractivity contribution in [2.75, 3.05) is 17.2 Å². The fourth-order valence-corrected chi connectivity index (χ4v) is 4.70. The predicted molar refractivity (Wildman–Crippen MR) is 110 cm³/mol. The van der Waals surface area contributed by atoms with Crippen LogP contribution >= 0.6 is 46.1 Å². The number of benzene rings is 1. The summed E-state index contributed by atoms with van der Waals surface area (Å²) in [6, 6.07) is 6.55. The Bertz CT molecular complexity index is 974. The van der Waals surface area contributed by atoms with Gasteiger partial charge in [-0.05, 0) is 24.6 Å². The Balaban J connectivity index is 1.48. The Labute approximate surface area is 174 Å². The lowest BCUT2D eigenvalue weighted by Crippen LogP contribution is -2.04. The molecule has 0 amide bonds. The molecule has 2 aromatic heterocycles. The van der Waals surface area contributed by atoms with Gasteiger partial charge in [0.25, 0.3) is 0 Å². The van der Waals surface area contributed by atoms with Crippen LogP contribution in [0.25, 0.3) is 0 Å². The lowest BCUT2D eigenvalue weighted by atomic mass is 9.99. The maximum absolute atomic E-state index is 13.9. The zero-order valence-corrected chi connectivity index (χ0v) is 17.0. The first-order valence-corrected chi connectivity index (χ1v) is 10.2. The second kappa shape index (κ2) is 7.80. The Morgan fingerprint density at radius 1 is 1.30 bits per heavy atom. The third-order valence-electron chi connectivity index (χ3n) is 4.40. The van der Waals surface area contributed by atoms with Crippen molar-refractivity contribution < 1.29 is 4.39 Å². The molecule has 1 aliphatic heterocycles. The molecule has 2 N–H and O–H groups in total. The minimum atomic E-state index is -0.351. The topological polar surface area (TPSA) is 49.8 Å². The number of nitrogens with zero attached hydrogens (tertiary/aromatic N) is 2. The van der Waals surface area contributed by atoms with E-state index in [9.17, 15) is 4.39 Å². The Hall–Kier alpha value is -1.60. The standard InChI is InChI=1S/C18H14Cl3FN4S/c19-10-5-11-9(6-23-17(11)24-7-10)4-15-16(21)26-18(27-15)25-8-12-13(20)2-1-3-14(12)22/h1-3,5,7,9H,4,6,8H2,(H,23,24)(H,25,26). The molecule has 1 aliphatic rings. The Morgan fingerprint density at radius 2 is 2.15 bits per heavy atom. The van der Waals surface area contributed by atoms with Crippen molar-refractivity contribution in [2.45, 2.75) is 18.9 Å². The van der Waals surface area contributed by atoms with Crippen LogP contribution in [0.5, 0.6) is 0 Å². The van der Waals surface area contributed by atoms with Gasteiger partial charge in [0, 0.05) is 46.2 Å². The molecule has 1 atom stereocenters. The van der Waals surface area contributed by atoms with Crippen LogP contribution in [0.2, 0.25) is 15.2 Å². The highest BCUT2D eigenvalue weighted by molar-refractivity contribution is 7.16. The number of pyridine rings is 1. The Morgan fingerprint density at radius 3 is 2.96 bits per heavy atom. The van der Waals surface area contributed by atoms with E-state index in [4.69, 9.17) is 34.8 Å². The van der Waals surface area contributed by atoms with E-state index in [2.05, 4.69) is 20.6 Å². The minimum Gasteiger partial charge on any atom is -0.369 e. The summed E-state index contributed by atoms with van der Waals surface area (Å²) < 4.78 is 13.9. The fourth-order valence-electron chi connectivity index (χ4n) is 3.05. The highest BCUT2D eigenvalue weighted by atomic mass is 35.5. The summed E-state index contributed by atoms with van der Waals surface area (Å²) in [6.07, 6.45) is 2.35. The number of hydrogen-bond donors (Lipinski definition) is 2. The van der Waals surface area contributed by atoms with Crippen LogP contribution in [0.15, 0.2) is 30.5 Å². The zero-order chi connectivity index (χ0) is 19.0. The minimum absolute atomic E-state index is 0.220. The molecule has 0 bridgehead atoms. The van der Waals surface area contributed by atoms with E-state index in [1.54, 1.807) is 18.3 Å². The third-order valence-corrected chi connectivity index (χ3v) is 6.42. The van der Waals surface area contributed by atoms with Gasteiger partial charge in [-0.3, -0.25) is 0 Å². The summed E-state index contributed by atoms with van der Waals surface area (Å²) >= 11 is 19.9. The molecule has 1 aromatic carbocycles. The summed E-state index contributed by atoms with van der Waals surface area (Å²) in [5.74, 6) is 0.728. The van der Waals surface area contributed by atoms with Crippen LogP contribution in [0.1, 0.15) is 21.9 Å². The maximum Gasteiger partial charge on any atom is 0.184 e. The number of fused-ring (bicyclic) bond motifs is 1. The van der Waals surface area contributed by atoms with E-state index >= 15 is 0 Å². The highest BCUT2D eigenvalue weighted by Gasteiger charge is 2.26. The lowest BCUT2D eigenvalue weighted by Gasteiger charge is -2.08. The van der Waals surface area contributed by atoms with Gasteiger partial charge in [0.15, 0.2) is 5.13 Å². The molecular formula is C18H14Cl3FN4S. The van der Waals surface area contributed by atoms with Gasteiger partial charge in [0.05, 0.1) is 5.02 Å². The molecule has 140 valence electrons. The van der Waals surface area contributed by atoms with E-state index in [0.29, 0.717) is 25.9 Å². The number of thiazole rings is 1. The predicted octanol–water partition coefficient (Wildman–Crippen LogP) is 6.00. The number of aromatic nitrogens is 2. The zero-order valence-electron chi connectivity index (χ0n) is 13.9. The van der Waals surface area contributed by atoms with Gasteiger partial charge in [0.1, 0.15) is 16.8 Å². The molecule has 4 rings (SSSR count). The molecule has 0 saturated carbocycles. The molecule has 0 radical (unpaired) electrons. The molecule has 1 unspecified atom stereocenters. The van der Waals surface area contributed by atoms with Gasteiger partial charge in [-0.2, -0.15) is 0 Å². The monoisotopic (exact) mass is 442 g/mol. The largest absolute Gasteiger partial charge is 0.369 e.